The van der Waals surface area contributed by atoms with Crippen LogP contribution in [0.3, 0.4) is 0 Å². The molecule has 120 valence electrons. The fraction of sp³-hybridized carbons (Fsp3) is 1.00. The Bertz CT molecular complexity index is 345. The van der Waals surface area contributed by atoms with Crippen molar-refractivity contribution in [3.05, 3.63) is 0 Å². The maximum Gasteiger partial charge on any atom is 0.164 e. The molecule has 0 radical (unpaired) electrons. The molecular weight excluding hydrogens is 276 g/mol. The zero-order valence-corrected chi connectivity index (χ0v) is 13.4. The van der Waals surface area contributed by atoms with Crippen molar-refractivity contribution in [2.24, 2.45) is 0 Å². The number of hydrogen-bond donors (Lipinski definition) is 0. The first-order valence-electron chi connectivity index (χ1n) is 7.64. The van der Waals surface area contributed by atoms with E-state index in [0.717, 1.165) is 0 Å². The van der Waals surface area contributed by atoms with Crippen molar-refractivity contribution in [3.63, 3.8) is 0 Å². The van der Waals surface area contributed by atoms with Crippen LogP contribution in [-0.4, -0.2) is 54.0 Å². The van der Waals surface area contributed by atoms with E-state index in [2.05, 4.69) is 0 Å². The smallest absolute Gasteiger partial charge is 0.164 e. The van der Waals surface area contributed by atoms with Gasteiger partial charge in [0.25, 0.3) is 0 Å². The van der Waals surface area contributed by atoms with Crippen LogP contribution >= 0.6 is 0 Å². The van der Waals surface area contributed by atoms with E-state index < -0.39 is 17.4 Å². The monoisotopic (exact) mass is 300 g/mol. The van der Waals surface area contributed by atoms with Gasteiger partial charge >= 0.3 is 0 Å². The Kier molecular flexibility index (Phi) is 2.73. The van der Waals surface area contributed by atoms with Gasteiger partial charge in [-0.15, -0.1) is 0 Å². The van der Waals surface area contributed by atoms with Crippen LogP contribution in [-0.2, 0) is 28.4 Å². The molecule has 0 N–H and O–H groups in total. The van der Waals surface area contributed by atoms with Gasteiger partial charge in [0.1, 0.15) is 36.6 Å². The van der Waals surface area contributed by atoms with Gasteiger partial charge in [-0.25, -0.2) is 0 Å². The molecule has 21 heavy (non-hydrogen) atoms. The minimum atomic E-state index is -0.652. The lowest BCUT2D eigenvalue weighted by Crippen LogP contribution is -2.60. The van der Waals surface area contributed by atoms with Crippen LogP contribution in [0.1, 0.15) is 41.5 Å². The zero-order valence-electron chi connectivity index (χ0n) is 13.4. The quantitative estimate of drug-likeness (QED) is 0.677. The minimum Gasteiger partial charge on any atom is -0.342 e. The lowest BCUT2D eigenvalue weighted by molar-refractivity contribution is -0.178. The largest absolute Gasteiger partial charge is 0.342 e. The molecule has 0 atom stereocenters. The van der Waals surface area contributed by atoms with E-state index in [-0.39, 0.29) is 36.6 Å². The molecule has 0 aromatic carbocycles. The molecule has 0 bridgehead atoms. The Morgan fingerprint density at radius 2 is 0.524 bits per heavy atom. The highest BCUT2D eigenvalue weighted by Gasteiger charge is 2.67. The van der Waals surface area contributed by atoms with Gasteiger partial charge in [0, 0.05) is 0 Å². The summed E-state index contributed by atoms with van der Waals surface area (Å²) in [5, 5.41) is 0. The lowest BCUT2D eigenvalue weighted by atomic mass is 9.85. The van der Waals surface area contributed by atoms with E-state index in [4.69, 9.17) is 28.4 Å². The van der Waals surface area contributed by atoms with Crippen molar-refractivity contribution in [1.29, 1.82) is 0 Å². The standard InChI is InChI=1S/C15H24O6/c1-13(2)16-7-8(17-13)10-12(21-15(5,6)19-10)11-9(7)18-14(3,4)20-11/h7-12H,1-6H3/t7-,8-,9+,10+,11+,12+/m1/s1. The Balaban J connectivity index is 1.71. The van der Waals surface area contributed by atoms with Crippen LogP contribution in [0.25, 0.3) is 0 Å². The van der Waals surface area contributed by atoms with Gasteiger partial charge in [-0.2, -0.15) is 0 Å². The molecule has 0 spiro atoms. The van der Waals surface area contributed by atoms with Gasteiger partial charge in [-0.3, -0.25) is 0 Å². The molecule has 4 rings (SSSR count). The van der Waals surface area contributed by atoms with Crippen LogP contribution in [0.2, 0.25) is 0 Å². The Hall–Kier alpha value is -0.240. The second-order valence-electron chi connectivity index (χ2n) is 7.69. The van der Waals surface area contributed by atoms with Gasteiger partial charge in [-0.05, 0) is 41.5 Å². The fourth-order valence-electron chi connectivity index (χ4n) is 3.98. The molecule has 1 saturated carbocycles. The Labute approximate surface area is 125 Å². The van der Waals surface area contributed by atoms with Crippen molar-refractivity contribution in [2.45, 2.75) is 95.5 Å². The van der Waals surface area contributed by atoms with E-state index in [0.29, 0.717) is 0 Å². The van der Waals surface area contributed by atoms with Gasteiger partial charge < -0.3 is 28.4 Å². The first kappa shape index (κ1) is 14.4. The molecule has 6 nitrogen and oxygen atoms in total. The lowest BCUT2D eigenvalue weighted by Gasteiger charge is -2.37. The van der Waals surface area contributed by atoms with Crippen LogP contribution in [0, 0.1) is 0 Å². The third-order valence-corrected chi connectivity index (χ3v) is 4.46. The SMILES string of the molecule is CC1(C)O[C@H]2[C@@H]3OC(C)(C)O[C@@H]3[C@H]3OC(C)(C)O[C@H]3[C@@H]2O1. The molecule has 0 amide bonds. The molecule has 0 aromatic heterocycles. The average Bonchev–Trinajstić information content (AvgIpc) is 2.88. The fourth-order valence-corrected chi connectivity index (χ4v) is 3.98. The van der Waals surface area contributed by atoms with Crippen LogP contribution in [0.15, 0.2) is 0 Å². The predicted octanol–water partition coefficient (Wildman–Crippen LogP) is 1.56. The van der Waals surface area contributed by atoms with Gasteiger partial charge in [0.05, 0.1) is 0 Å². The van der Waals surface area contributed by atoms with Crippen molar-refractivity contribution in [2.75, 3.05) is 0 Å². The van der Waals surface area contributed by atoms with Crippen molar-refractivity contribution in [1.82, 2.24) is 0 Å². The first-order chi connectivity index (χ1) is 9.57. The summed E-state index contributed by atoms with van der Waals surface area (Å²) in [5.41, 5.74) is 0. The van der Waals surface area contributed by atoms with Crippen molar-refractivity contribution >= 4 is 0 Å². The van der Waals surface area contributed by atoms with E-state index in [1.54, 1.807) is 0 Å². The molecule has 4 aliphatic rings. The highest BCUT2D eigenvalue weighted by Crippen LogP contribution is 2.50. The summed E-state index contributed by atoms with van der Waals surface area (Å²) in [5.74, 6) is -1.96. The second-order valence-corrected chi connectivity index (χ2v) is 7.69. The van der Waals surface area contributed by atoms with Crippen LogP contribution in [0.5, 0.6) is 0 Å². The molecule has 0 unspecified atom stereocenters. The highest BCUT2D eigenvalue weighted by atomic mass is 16.8. The van der Waals surface area contributed by atoms with Crippen LogP contribution < -0.4 is 0 Å². The topological polar surface area (TPSA) is 55.4 Å². The van der Waals surface area contributed by atoms with Crippen molar-refractivity contribution in [3.8, 4) is 0 Å². The predicted molar refractivity (Wildman–Crippen MR) is 71.5 cm³/mol. The maximum absolute atomic E-state index is 6.07. The highest BCUT2D eigenvalue weighted by molar-refractivity contribution is 5.11. The maximum atomic E-state index is 6.07. The number of hydrogen-bond acceptors (Lipinski definition) is 6. The molecule has 3 heterocycles. The summed E-state index contributed by atoms with van der Waals surface area (Å²) in [6.07, 6.45) is -1.22. The summed E-state index contributed by atoms with van der Waals surface area (Å²) in [6.45, 7) is 11.5. The molecule has 0 aromatic rings. The third kappa shape index (κ3) is 2.16. The molecular formula is C15H24O6. The van der Waals surface area contributed by atoms with E-state index in [1.807, 2.05) is 41.5 Å². The normalized spacial score (nSPS) is 52.3. The minimum absolute atomic E-state index is 0.203. The average molecular weight is 300 g/mol. The van der Waals surface area contributed by atoms with Crippen LogP contribution in [0.4, 0.5) is 0 Å². The number of rotatable bonds is 0. The number of fused-ring (bicyclic) bond motifs is 6. The Morgan fingerprint density at radius 3 is 0.667 bits per heavy atom. The zero-order chi connectivity index (χ0) is 15.2. The summed E-state index contributed by atoms with van der Waals surface area (Å²) in [4.78, 5) is 0. The summed E-state index contributed by atoms with van der Waals surface area (Å²) >= 11 is 0. The second kappa shape index (κ2) is 3.99. The summed E-state index contributed by atoms with van der Waals surface area (Å²) in [7, 11) is 0. The Morgan fingerprint density at radius 1 is 0.381 bits per heavy atom. The third-order valence-electron chi connectivity index (χ3n) is 4.46. The summed E-state index contributed by atoms with van der Waals surface area (Å²) in [6, 6.07) is 0. The van der Waals surface area contributed by atoms with E-state index >= 15 is 0 Å². The molecule has 1 aliphatic carbocycles. The molecule has 6 heteroatoms. The molecule has 3 saturated heterocycles. The first-order valence-corrected chi connectivity index (χ1v) is 7.64. The van der Waals surface area contributed by atoms with E-state index in [9.17, 15) is 0 Å². The van der Waals surface area contributed by atoms with Gasteiger partial charge in [0.2, 0.25) is 0 Å². The molecule has 4 fully saturated rings. The van der Waals surface area contributed by atoms with Gasteiger partial charge in [0.15, 0.2) is 17.4 Å². The molecule has 3 aliphatic heterocycles. The number of ether oxygens (including phenoxy) is 6. The summed E-state index contributed by atoms with van der Waals surface area (Å²) < 4.78 is 36.4. The van der Waals surface area contributed by atoms with Crippen molar-refractivity contribution < 1.29 is 28.4 Å². The van der Waals surface area contributed by atoms with Gasteiger partial charge in [-0.1, -0.05) is 0 Å². The van der Waals surface area contributed by atoms with E-state index in [1.165, 1.54) is 0 Å².